The van der Waals surface area contributed by atoms with Crippen molar-refractivity contribution in [2.75, 3.05) is 5.73 Å². The topological polar surface area (TPSA) is 38.9 Å². The summed E-state index contributed by atoms with van der Waals surface area (Å²) in [4.78, 5) is 3.08. The average molecular weight is 288 g/mol. The first-order chi connectivity index (χ1) is 5.52. The zero-order valence-corrected chi connectivity index (χ0v) is 7.85. The molecule has 6 heteroatoms. The highest BCUT2D eigenvalue weighted by molar-refractivity contribution is 14.1. The van der Waals surface area contributed by atoms with Crippen LogP contribution in [0.15, 0.2) is 6.07 Å². The minimum Gasteiger partial charge on any atom is -0.384 e. The van der Waals surface area contributed by atoms with Crippen LogP contribution in [0.4, 0.5) is 19.0 Å². The molecule has 0 aromatic carbocycles. The minimum atomic E-state index is -2.86. The second kappa shape index (κ2) is 3.46. The molecule has 0 fully saturated rings. The van der Waals surface area contributed by atoms with Gasteiger partial charge in [0.2, 0.25) is 5.95 Å². The maximum atomic E-state index is 12.7. The van der Waals surface area contributed by atoms with Crippen molar-refractivity contribution in [1.29, 1.82) is 0 Å². The van der Waals surface area contributed by atoms with E-state index in [1.807, 2.05) is 0 Å². The van der Waals surface area contributed by atoms with E-state index in [4.69, 9.17) is 5.73 Å². The van der Waals surface area contributed by atoms with Crippen molar-refractivity contribution < 1.29 is 13.2 Å². The van der Waals surface area contributed by atoms with Crippen LogP contribution >= 0.6 is 22.6 Å². The number of anilines is 1. The number of nitrogens with two attached hydrogens (primary N) is 1. The van der Waals surface area contributed by atoms with Crippen LogP contribution in [-0.4, -0.2) is 4.98 Å². The number of rotatable bonds is 1. The van der Waals surface area contributed by atoms with Gasteiger partial charge < -0.3 is 5.73 Å². The Kier molecular flexibility index (Phi) is 2.76. The van der Waals surface area contributed by atoms with Crippen molar-refractivity contribution >= 4 is 28.4 Å². The van der Waals surface area contributed by atoms with Gasteiger partial charge >= 0.3 is 0 Å². The van der Waals surface area contributed by atoms with Gasteiger partial charge in [-0.25, -0.2) is 13.8 Å². The first kappa shape index (κ1) is 9.56. The largest absolute Gasteiger partial charge is 0.384 e. The van der Waals surface area contributed by atoms with Gasteiger partial charge in [0.15, 0.2) is 0 Å². The van der Waals surface area contributed by atoms with Crippen molar-refractivity contribution in [3.63, 3.8) is 0 Å². The normalized spacial score (nSPS) is 10.8. The first-order valence-corrected chi connectivity index (χ1v) is 4.00. The number of nitrogens with zero attached hydrogens (tertiary/aromatic N) is 1. The lowest BCUT2D eigenvalue weighted by Gasteiger charge is -2.04. The number of hydrogen-bond donors (Lipinski definition) is 1. The van der Waals surface area contributed by atoms with Crippen molar-refractivity contribution in [3.05, 3.63) is 21.1 Å². The predicted octanol–water partition coefficient (Wildman–Crippen LogP) is 2.35. The van der Waals surface area contributed by atoms with E-state index < -0.39 is 17.9 Å². The van der Waals surface area contributed by atoms with Crippen LogP contribution in [0.2, 0.25) is 0 Å². The molecule has 66 valence electrons. The molecule has 1 rings (SSSR count). The van der Waals surface area contributed by atoms with Crippen LogP contribution in [0.5, 0.6) is 0 Å². The lowest BCUT2D eigenvalue weighted by molar-refractivity contribution is 0.144. The van der Waals surface area contributed by atoms with Gasteiger partial charge in [-0.05, 0) is 28.7 Å². The Morgan fingerprint density at radius 1 is 1.50 bits per heavy atom. The summed E-state index contributed by atoms with van der Waals surface area (Å²) in [6.07, 6.45) is -2.86. The van der Waals surface area contributed by atoms with E-state index in [2.05, 4.69) is 4.98 Å². The Morgan fingerprint density at radius 3 is 2.50 bits per heavy atom. The molecular formula is C6H4F3IN2. The molecule has 0 radical (unpaired) electrons. The monoisotopic (exact) mass is 288 g/mol. The fourth-order valence-electron chi connectivity index (χ4n) is 0.706. The molecule has 2 N–H and O–H groups in total. The Balaban J connectivity index is 3.28. The van der Waals surface area contributed by atoms with E-state index in [9.17, 15) is 13.2 Å². The third-order valence-corrected chi connectivity index (χ3v) is 2.09. The number of hydrogen-bond acceptors (Lipinski definition) is 2. The average Bonchev–Trinajstić information content (AvgIpc) is 1.82. The maximum absolute atomic E-state index is 12.7. The molecule has 0 aliphatic rings. The van der Waals surface area contributed by atoms with Gasteiger partial charge in [-0.3, -0.25) is 0 Å². The molecule has 0 saturated heterocycles. The van der Waals surface area contributed by atoms with Gasteiger partial charge in [0.1, 0.15) is 5.82 Å². The molecule has 0 amide bonds. The standard InChI is InChI=1S/C6H4F3IN2/c7-5(8)4-2(10)1-3(11)12-6(4)9/h1,5H,(H2,11,12). The molecule has 0 saturated carbocycles. The van der Waals surface area contributed by atoms with Crippen LogP contribution in [0.1, 0.15) is 12.0 Å². The van der Waals surface area contributed by atoms with Gasteiger partial charge in [-0.15, -0.1) is 0 Å². The summed E-state index contributed by atoms with van der Waals surface area (Å²) in [5.74, 6) is -1.30. The zero-order valence-electron chi connectivity index (χ0n) is 5.69. The van der Waals surface area contributed by atoms with Gasteiger partial charge in [0, 0.05) is 3.57 Å². The molecule has 1 heterocycles. The molecule has 12 heavy (non-hydrogen) atoms. The third-order valence-electron chi connectivity index (χ3n) is 1.20. The minimum absolute atomic E-state index is 0.0904. The van der Waals surface area contributed by atoms with Gasteiger partial charge in [0.25, 0.3) is 6.43 Å². The summed E-state index contributed by atoms with van der Waals surface area (Å²) < 4.78 is 37.0. The Bertz CT molecular complexity index is 280. The SMILES string of the molecule is Nc1cc(I)c(C(F)F)c(F)n1. The lowest BCUT2D eigenvalue weighted by Crippen LogP contribution is -2.01. The van der Waals surface area contributed by atoms with Gasteiger partial charge in [-0.2, -0.15) is 4.39 Å². The molecule has 2 nitrogen and oxygen atoms in total. The van der Waals surface area contributed by atoms with Crippen molar-refractivity contribution in [3.8, 4) is 0 Å². The molecule has 1 aromatic rings. The van der Waals surface area contributed by atoms with E-state index in [-0.39, 0.29) is 9.39 Å². The maximum Gasteiger partial charge on any atom is 0.269 e. The second-order valence-corrected chi connectivity index (χ2v) is 3.20. The Hall–Kier alpha value is -0.530. The second-order valence-electron chi connectivity index (χ2n) is 2.03. The van der Waals surface area contributed by atoms with Crippen LogP contribution < -0.4 is 5.73 Å². The summed E-state index contributed by atoms with van der Waals surface area (Å²) >= 11 is 1.59. The van der Waals surface area contributed by atoms with Crippen LogP contribution in [0.3, 0.4) is 0 Å². The quantitative estimate of drug-likeness (QED) is 0.636. The van der Waals surface area contributed by atoms with Gasteiger partial charge in [0.05, 0.1) is 5.56 Å². The van der Waals surface area contributed by atoms with E-state index >= 15 is 0 Å². The number of alkyl halides is 2. The molecular weight excluding hydrogens is 284 g/mol. The fraction of sp³-hybridized carbons (Fsp3) is 0.167. The van der Waals surface area contributed by atoms with Crippen LogP contribution in [0, 0.1) is 9.52 Å². The number of pyridine rings is 1. The molecule has 0 spiro atoms. The van der Waals surface area contributed by atoms with Gasteiger partial charge in [-0.1, -0.05) is 0 Å². The fourth-order valence-corrected chi connectivity index (χ4v) is 1.48. The Labute approximate surface area is 80.1 Å². The molecule has 0 aliphatic heterocycles. The van der Waals surface area contributed by atoms with Crippen LogP contribution in [-0.2, 0) is 0 Å². The highest BCUT2D eigenvalue weighted by Gasteiger charge is 2.18. The van der Waals surface area contributed by atoms with E-state index in [1.165, 1.54) is 6.07 Å². The Morgan fingerprint density at radius 2 is 2.08 bits per heavy atom. The summed E-state index contributed by atoms with van der Waals surface area (Å²) in [6, 6.07) is 1.20. The first-order valence-electron chi connectivity index (χ1n) is 2.92. The molecule has 0 unspecified atom stereocenters. The number of halogens is 4. The summed E-state index contributed by atoms with van der Waals surface area (Å²) in [5.41, 5.74) is 4.44. The summed E-state index contributed by atoms with van der Waals surface area (Å²) in [5, 5.41) is 0. The molecule has 1 aromatic heterocycles. The lowest BCUT2D eigenvalue weighted by atomic mass is 10.3. The summed E-state index contributed by atoms with van der Waals surface area (Å²) in [6.45, 7) is 0. The third kappa shape index (κ3) is 1.79. The van der Waals surface area contributed by atoms with Crippen molar-refractivity contribution in [2.45, 2.75) is 6.43 Å². The highest BCUT2D eigenvalue weighted by Crippen LogP contribution is 2.27. The number of nitrogen functional groups attached to an aromatic ring is 1. The number of aromatic nitrogens is 1. The van der Waals surface area contributed by atoms with Crippen LogP contribution in [0.25, 0.3) is 0 Å². The summed E-state index contributed by atoms with van der Waals surface area (Å²) in [7, 11) is 0. The molecule has 0 aliphatic carbocycles. The van der Waals surface area contributed by atoms with Crippen molar-refractivity contribution in [1.82, 2.24) is 4.98 Å². The van der Waals surface area contributed by atoms with E-state index in [0.717, 1.165) is 0 Å². The zero-order chi connectivity index (χ0) is 9.30. The van der Waals surface area contributed by atoms with E-state index in [0.29, 0.717) is 0 Å². The van der Waals surface area contributed by atoms with E-state index in [1.54, 1.807) is 22.6 Å². The molecule has 0 bridgehead atoms. The smallest absolute Gasteiger partial charge is 0.269 e. The molecule has 0 atom stereocenters. The predicted molar refractivity (Wildman–Crippen MR) is 46.3 cm³/mol. The van der Waals surface area contributed by atoms with Crippen molar-refractivity contribution in [2.24, 2.45) is 0 Å². The highest BCUT2D eigenvalue weighted by atomic mass is 127.